The molecule has 0 aliphatic carbocycles. The maximum Gasteiger partial charge on any atom is 0.269 e. The van der Waals surface area contributed by atoms with Crippen LogP contribution < -0.4 is 5.32 Å². The first-order valence-corrected chi connectivity index (χ1v) is 8.04. The minimum Gasteiger partial charge on any atom is -0.349 e. The van der Waals surface area contributed by atoms with Gasteiger partial charge in [-0.25, -0.2) is 4.98 Å². The highest BCUT2D eigenvalue weighted by molar-refractivity contribution is 9.10. The number of nitrogens with zero attached hydrogens (tertiary/aromatic N) is 1. The fourth-order valence-electron chi connectivity index (χ4n) is 1.73. The van der Waals surface area contributed by atoms with Gasteiger partial charge < -0.3 is 5.32 Å². The van der Waals surface area contributed by atoms with Gasteiger partial charge in [-0.3, -0.25) is 4.79 Å². The van der Waals surface area contributed by atoms with Crippen molar-refractivity contribution in [2.75, 3.05) is 12.8 Å². The topological polar surface area (TPSA) is 42.0 Å². The molecule has 0 aliphatic rings. The molecule has 0 radical (unpaired) electrons. The van der Waals surface area contributed by atoms with Crippen molar-refractivity contribution >= 4 is 33.6 Å². The third kappa shape index (κ3) is 3.99. The summed E-state index contributed by atoms with van der Waals surface area (Å²) >= 11 is 5.08. The van der Waals surface area contributed by atoms with Crippen molar-refractivity contribution in [2.45, 2.75) is 31.4 Å². The Bertz CT molecular complexity index is 399. The van der Waals surface area contributed by atoms with E-state index < -0.39 is 0 Å². The SMILES string of the molecule is CCC(CC)(CNC(=O)c1cccc(Br)n1)SC. The smallest absolute Gasteiger partial charge is 0.269 e. The lowest BCUT2D eigenvalue weighted by Crippen LogP contribution is -2.39. The van der Waals surface area contributed by atoms with Crippen molar-refractivity contribution in [1.82, 2.24) is 10.3 Å². The van der Waals surface area contributed by atoms with E-state index in [-0.39, 0.29) is 10.7 Å². The van der Waals surface area contributed by atoms with Crippen LogP contribution >= 0.6 is 27.7 Å². The zero-order valence-corrected chi connectivity index (χ0v) is 13.4. The maximum atomic E-state index is 12.0. The average molecular weight is 331 g/mol. The van der Waals surface area contributed by atoms with E-state index in [2.05, 4.69) is 46.3 Å². The van der Waals surface area contributed by atoms with Gasteiger partial charge in [-0.1, -0.05) is 19.9 Å². The third-order valence-corrected chi connectivity index (χ3v) is 5.27. The first-order chi connectivity index (χ1) is 8.56. The van der Waals surface area contributed by atoms with Crippen LogP contribution in [0.5, 0.6) is 0 Å². The van der Waals surface area contributed by atoms with Gasteiger partial charge in [0.1, 0.15) is 10.3 Å². The fourth-order valence-corrected chi connectivity index (χ4v) is 2.86. The minimum absolute atomic E-state index is 0.114. The number of carbonyl (C=O) groups is 1. The van der Waals surface area contributed by atoms with Crippen molar-refractivity contribution in [3.05, 3.63) is 28.5 Å². The number of thioether (sulfide) groups is 1. The standard InChI is InChI=1S/C13H19BrN2OS/c1-4-13(5-2,18-3)9-15-12(17)10-7-6-8-11(14)16-10/h6-8H,4-5,9H2,1-3H3,(H,15,17). The molecule has 0 atom stereocenters. The van der Waals surface area contributed by atoms with Crippen LogP contribution in [0.3, 0.4) is 0 Å². The first-order valence-electron chi connectivity index (χ1n) is 6.03. The van der Waals surface area contributed by atoms with E-state index in [1.807, 2.05) is 17.8 Å². The van der Waals surface area contributed by atoms with Crippen LogP contribution in [0.2, 0.25) is 0 Å². The number of amides is 1. The molecule has 100 valence electrons. The minimum atomic E-state index is -0.114. The molecule has 0 aliphatic heterocycles. The molecule has 0 fully saturated rings. The van der Waals surface area contributed by atoms with Gasteiger partial charge in [0, 0.05) is 11.3 Å². The van der Waals surface area contributed by atoms with Gasteiger partial charge in [0.05, 0.1) is 0 Å². The number of hydrogen-bond donors (Lipinski definition) is 1. The summed E-state index contributed by atoms with van der Waals surface area (Å²) in [6, 6.07) is 5.34. The van der Waals surface area contributed by atoms with Crippen LogP contribution in [0.25, 0.3) is 0 Å². The van der Waals surface area contributed by atoms with Gasteiger partial charge in [-0.2, -0.15) is 11.8 Å². The van der Waals surface area contributed by atoms with Crippen LogP contribution in [0.1, 0.15) is 37.2 Å². The molecular weight excluding hydrogens is 312 g/mol. The van der Waals surface area contributed by atoms with Crippen molar-refractivity contribution < 1.29 is 4.79 Å². The Labute approximate surface area is 121 Å². The molecule has 5 heteroatoms. The zero-order valence-electron chi connectivity index (χ0n) is 11.0. The highest BCUT2D eigenvalue weighted by Gasteiger charge is 2.25. The van der Waals surface area contributed by atoms with Crippen LogP contribution in [0, 0.1) is 0 Å². The van der Waals surface area contributed by atoms with E-state index in [1.165, 1.54) is 0 Å². The van der Waals surface area contributed by atoms with E-state index in [0.717, 1.165) is 12.8 Å². The molecule has 0 saturated carbocycles. The van der Waals surface area contributed by atoms with E-state index >= 15 is 0 Å². The molecule has 3 nitrogen and oxygen atoms in total. The van der Waals surface area contributed by atoms with E-state index in [4.69, 9.17) is 0 Å². The van der Waals surface area contributed by atoms with E-state index in [0.29, 0.717) is 16.8 Å². The molecule has 1 aromatic heterocycles. The molecule has 1 amide bonds. The Morgan fingerprint density at radius 3 is 2.61 bits per heavy atom. The molecule has 1 N–H and O–H groups in total. The van der Waals surface area contributed by atoms with E-state index in [9.17, 15) is 4.79 Å². The number of rotatable bonds is 6. The van der Waals surface area contributed by atoms with Crippen molar-refractivity contribution in [3.63, 3.8) is 0 Å². The van der Waals surface area contributed by atoms with Gasteiger partial charge in [0.25, 0.3) is 5.91 Å². The average Bonchev–Trinajstić information content (AvgIpc) is 2.40. The van der Waals surface area contributed by atoms with Crippen LogP contribution in [-0.2, 0) is 0 Å². The quantitative estimate of drug-likeness (QED) is 0.812. The fraction of sp³-hybridized carbons (Fsp3) is 0.538. The Kier molecular flexibility index (Phi) is 6.15. The van der Waals surface area contributed by atoms with Crippen molar-refractivity contribution in [3.8, 4) is 0 Å². The number of hydrogen-bond acceptors (Lipinski definition) is 3. The lowest BCUT2D eigenvalue weighted by atomic mass is 10.0. The predicted octanol–water partition coefficient (Wildman–Crippen LogP) is 3.50. The molecule has 1 rings (SSSR count). The second-order valence-electron chi connectivity index (χ2n) is 4.12. The molecular formula is C13H19BrN2OS. The van der Waals surface area contributed by atoms with Gasteiger partial charge in [0.15, 0.2) is 0 Å². The zero-order chi connectivity index (χ0) is 13.6. The van der Waals surface area contributed by atoms with Crippen LogP contribution in [-0.4, -0.2) is 28.4 Å². The van der Waals surface area contributed by atoms with Crippen LogP contribution in [0.15, 0.2) is 22.8 Å². The summed E-state index contributed by atoms with van der Waals surface area (Å²) in [5.41, 5.74) is 0.451. The van der Waals surface area contributed by atoms with Gasteiger partial charge in [0.2, 0.25) is 0 Å². The van der Waals surface area contributed by atoms with Gasteiger partial charge >= 0.3 is 0 Å². The summed E-state index contributed by atoms with van der Waals surface area (Å²) < 4.78 is 0.805. The highest BCUT2D eigenvalue weighted by atomic mass is 79.9. The number of halogens is 1. The molecule has 0 spiro atoms. The lowest BCUT2D eigenvalue weighted by Gasteiger charge is -2.29. The second-order valence-corrected chi connectivity index (χ2v) is 6.21. The summed E-state index contributed by atoms with van der Waals surface area (Å²) in [5.74, 6) is -0.114. The lowest BCUT2D eigenvalue weighted by molar-refractivity contribution is 0.0944. The molecule has 1 heterocycles. The maximum absolute atomic E-state index is 12.0. The number of carbonyl (C=O) groups excluding carboxylic acids is 1. The summed E-state index contributed by atoms with van der Waals surface area (Å²) in [6.07, 6.45) is 4.17. The molecule has 1 aromatic rings. The summed E-state index contributed by atoms with van der Waals surface area (Å²) in [7, 11) is 0. The van der Waals surface area contributed by atoms with E-state index in [1.54, 1.807) is 12.1 Å². The number of nitrogens with one attached hydrogen (secondary N) is 1. The molecule has 0 aromatic carbocycles. The number of aromatic nitrogens is 1. The number of pyridine rings is 1. The Morgan fingerprint density at radius 2 is 2.11 bits per heavy atom. The van der Waals surface area contributed by atoms with Gasteiger partial charge in [-0.15, -0.1) is 0 Å². The highest BCUT2D eigenvalue weighted by Crippen LogP contribution is 2.29. The monoisotopic (exact) mass is 330 g/mol. The second kappa shape index (κ2) is 7.14. The van der Waals surface area contributed by atoms with Crippen molar-refractivity contribution in [1.29, 1.82) is 0 Å². The molecule has 18 heavy (non-hydrogen) atoms. The first kappa shape index (κ1) is 15.5. The predicted molar refractivity (Wildman–Crippen MR) is 81.1 cm³/mol. The molecule has 0 saturated heterocycles. The molecule has 0 unspecified atom stereocenters. The summed E-state index contributed by atoms with van der Waals surface area (Å²) in [6.45, 7) is 4.99. The summed E-state index contributed by atoms with van der Waals surface area (Å²) in [4.78, 5) is 16.1. The normalized spacial score (nSPS) is 11.3. The Balaban J connectivity index is 2.66. The van der Waals surface area contributed by atoms with Gasteiger partial charge in [-0.05, 0) is 47.2 Å². The molecule has 0 bridgehead atoms. The Morgan fingerprint density at radius 1 is 1.44 bits per heavy atom. The van der Waals surface area contributed by atoms with Crippen LogP contribution in [0.4, 0.5) is 0 Å². The van der Waals surface area contributed by atoms with Crippen molar-refractivity contribution in [2.24, 2.45) is 0 Å². The Hall–Kier alpha value is -0.550. The third-order valence-electron chi connectivity index (χ3n) is 3.24. The summed E-state index contributed by atoms with van der Waals surface area (Å²) in [5, 5.41) is 2.98. The largest absolute Gasteiger partial charge is 0.349 e.